The summed E-state index contributed by atoms with van der Waals surface area (Å²) in [6, 6.07) is 3.86. The van der Waals surface area contributed by atoms with Crippen LogP contribution >= 0.6 is 34.7 Å². The molecule has 0 aromatic carbocycles. The highest BCUT2D eigenvalue weighted by Gasteiger charge is 2.27. The van der Waals surface area contributed by atoms with E-state index >= 15 is 0 Å². The van der Waals surface area contributed by atoms with E-state index in [1.54, 1.807) is 28.0 Å². The first kappa shape index (κ1) is 16.1. The number of carbonyl (C=O) groups excluding carboxylic acids is 1. The number of thiophene rings is 1. The molecule has 20 heavy (non-hydrogen) atoms. The number of hydrogen-bond acceptors (Lipinski definition) is 5. The van der Waals surface area contributed by atoms with Crippen LogP contribution in [-0.2, 0) is 15.3 Å². The number of aliphatic hydroxyl groups excluding tert-OH is 1. The van der Waals surface area contributed by atoms with E-state index in [0.29, 0.717) is 18.8 Å². The Hall–Kier alpha value is -0.270. The predicted octanol–water partition coefficient (Wildman–Crippen LogP) is 2.24. The molecule has 112 valence electrons. The molecule has 1 aliphatic heterocycles. The Balaban J connectivity index is 1.76. The summed E-state index contributed by atoms with van der Waals surface area (Å²) < 4.78 is 6.31. The van der Waals surface area contributed by atoms with Crippen molar-refractivity contribution in [3.05, 3.63) is 21.3 Å². The highest BCUT2D eigenvalue weighted by Crippen LogP contribution is 2.25. The van der Waals surface area contributed by atoms with Crippen molar-refractivity contribution in [2.75, 3.05) is 25.4 Å². The van der Waals surface area contributed by atoms with Crippen molar-refractivity contribution in [3.63, 3.8) is 0 Å². The summed E-state index contributed by atoms with van der Waals surface area (Å²) in [4.78, 5) is 15.1. The highest BCUT2D eigenvalue weighted by atomic mass is 35.5. The smallest absolute Gasteiger partial charge is 0.232 e. The second-order valence-corrected chi connectivity index (χ2v) is 7.53. The van der Waals surface area contributed by atoms with Gasteiger partial charge in [-0.25, -0.2) is 0 Å². The number of aliphatic hydroxyl groups is 1. The van der Waals surface area contributed by atoms with Crippen molar-refractivity contribution in [2.45, 2.75) is 24.9 Å². The molecule has 1 amide bonds. The fourth-order valence-electron chi connectivity index (χ4n) is 2.11. The summed E-state index contributed by atoms with van der Waals surface area (Å²) in [5.41, 5.74) is 0. The van der Waals surface area contributed by atoms with Crippen molar-refractivity contribution in [2.24, 2.45) is 0 Å². The molecule has 1 aromatic rings. The number of halogens is 1. The lowest BCUT2D eigenvalue weighted by Crippen LogP contribution is -2.50. The monoisotopic (exact) mass is 335 g/mol. The maximum atomic E-state index is 12.1. The SMILES string of the molecule is CC1CN(C(=O)CSCc2ccc(Cl)s2)CC(CO)O1. The lowest BCUT2D eigenvalue weighted by molar-refractivity contribution is -0.144. The lowest BCUT2D eigenvalue weighted by atomic mass is 10.2. The average Bonchev–Trinajstić information content (AvgIpc) is 2.83. The number of nitrogens with zero attached hydrogens (tertiary/aromatic N) is 1. The molecule has 1 saturated heterocycles. The Morgan fingerprint density at radius 1 is 1.60 bits per heavy atom. The molecular formula is C13H18ClNO3S2. The third-order valence-electron chi connectivity index (χ3n) is 2.98. The zero-order valence-electron chi connectivity index (χ0n) is 11.3. The zero-order valence-corrected chi connectivity index (χ0v) is 13.6. The van der Waals surface area contributed by atoms with Gasteiger partial charge in [0.15, 0.2) is 0 Å². The van der Waals surface area contributed by atoms with Gasteiger partial charge in [-0.05, 0) is 19.1 Å². The minimum atomic E-state index is -0.260. The molecule has 0 spiro atoms. The van der Waals surface area contributed by atoms with E-state index in [1.165, 1.54) is 4.88 Å². The maximum Gasteiger partial charge on any atom is 0.232 e. The van der Waals surface area contributed by atoms with Gasteiger partial charge in [0.1, 0.15) is 0 Å². The van der Waals surface area contributed by atoms with E-state index < -0.39 is 0 Å². The van der Waals surface area contributed by atoms with Gasteiger partial charge in [0.05, 0.1) is 28.9 Å². The molecular weight excluding hydrogens is 318 g/mol. The largest absolute Gasteiger partial charge is 0.394 e. The Bertz CT molecular complexity index is 455. The first-order valence-corrected chi connectivity index (χ1v) is 8.79. The molecule has 2 atom stereocenters. The van der Waals surface area contributed by atoms with E-state index in [0.717, 1.165) is 10.1 Å². The van der Waals surface area contributed by atoms with E-state index in [1.807, 2.05) is 19.1 Å². The Morgan fingerprint density at radius 3 is 3.05 bits per heavy atom. The van der Waals surface area contributed by atoms with Crippen LogP contribution in [0.3, 0.4) is 0 Å². The number of hydrogen-bond donors (Lipinski definition) is 1. The maximum absolute atomic E-state index is 12.1. The van der Waals surface area contributed by atoms with E-state index in [-0.39, 0.29) is 24.7 Å². The molecule has 2 heterocycles. The summed E-state index contributed by atoms with van der Waals surface area (Å²) in [6.45, 7) is 2.95. The van der Waals surface area contributed by atoms with Crippen LogP contribution in [0.25, 0.3) is 0 Å². The third kappa shape index (κ3) is 4.63. The highest BCUT2D eigenvalue weighted by molar-refractivity contribution is 7.99. The van der Waals surface area contributed by atoms with Crippen molar-refractivity contribution in [1.29, 1.82) is 0 Å². The van der Waals surface area contributed by atoms with Crippen molar-refractivity contribution >= 4 is 40.6 Å². The average molecular weight is 336 g/mol. The lowest BCUT2D eigenvalue weighted by Gasteiger charge is -2.36. The van der Waals surface area contributed by atoms with Crippen molar-refractivity contribution in [1.82, 2.24) is 4.90 Å². The van der Waals surface area contributed by atoms with E-state index in [9.17, 15) is 4.79 Å². The van der Waals surface area contributed by atoms with Gasteiger partial charge in [-0.3, -0.25) is 4.79 Å². The predicted molar refractivity (Wildman–Crippen MR) is 83.5 cm³/mol. The molecule has 7 heteroatoms. The first-order valence-electron chi connectivity index (χ1n) is 6.44. The molecule has 4 nitrogen and oxygen atoms in total. The Morgan fingerprint density at radius 2 is 2.40 bits per heavy atom. The third-order valence-corrected chi connectivity index (χ3v) is 5.36. The standard InChI is InChI=1S/C13H18ClNO3S2/c1-9-4-15(5-10(6-16)18-9)13(17)8-19-7-11-2-3-12(14)20-11/h2-3,9-10,16H,4-8H2,1H3. The number of carbonyl (C=O) groups is 1. The van der Waals surface area contributed by atoms with E-state index in [4.69, 9.17) is 21.4 Å². The van der Waals surface area contributed by atoms with Gasteiger partial charge < -0.3 is 14.7 Å². The number of morpholine rings is 1. The summed E-state index contributed by atoms with van der Waals surface area (Å²) >= 11 is 9.00. The Kier molecular flexibility index (Phi) is 6.17. The van der Waals surface area contributed by atoms with Crippen LogP contribution in [0.15, 0.2) is 12.1 Å². The van der Waals surface area contributed by atoms with Crippen LogP contribution in [0.5, 0.6) is 0 Å². The fourth-order valence-corrected chi connectivity index (χ4v) is 4.23. The molecule has 1 N–H and O–H groups in total. The molecule has 0 aliphatic carbocycles. The Labute approximate surface area is 132 Å². The number of thioether (sulfide) groups is 1. The zero-order chi connectivity index (χ0) is 14.5. The van der Waals surface area contributed by atoms with Crippen LogP contribution in [-0.4, -0.2) is 53.6 Å². The minimum Gasteiger partial charge on any atom is -0.394 e. The summed E-state index contributed by atoms with van der Waals surface area (Å²) in [5.74, 6) is 1.35. The van der Waals surface area contributed by atoms with Gasteiger partial charge >= 0.3 is 0 Å². The second-order valence-electron chi connectivity index (χ2n) is 4.75. The van der Waals surface area contributed by atoms with Crippen molar-refractivity contribution in [3.8, 4) is 0 Å². The number of amides is 1. The van der Waals surface area contributed by atoms with Crippen LogP contribution < -0.4 is 0 Å². The molecule has 2 unspecified atom stereocenters. The van der Waals surface area contributed by atoms with Crippen LogP contribution in [0.1, 0.15) is 11.8 Å². The van der Waals surface area contributed by atoms with Crippen molar-refractivity contribution < 1.29 is 14.6 Å². The summed E-state index contributed by atoms with van der Waals surface area (Å²) in [7, 11) is 0. The van der Waals surface area contributed by atoms with Gasteiger partial charge in [-0.15, -0.1) is 23.1 Å². The van der Waals surface area contributed by atoms with Gasteiger partial charge in [0.25, 0.3) is 0 Å². The van der Waals surface area contributed by atoms with Crippen LogP contribution in [0.2, 0.25) is 4.34 Å². The first-order chi connectivity index (χ1) is 9.58. The van der Waals surface area contributed by atoms with Gasteiger partial charge in [-0.2, -0.15) is 0 Å². The minimum absolute atomic E-state index is 0.0223. The second kappa shape index (κ2) is 7.66. The molecule has 2 rings (SSSR count). The van der Waals surface area contributed by atoms with Crippen LogP contribution in [0, 0.1) is 0 Å². The number of rotatable bonds is 5. The molecule has 0 radical (unpaired) electrons. The summed E-state index contributed by atoms with van der Waals surface area (Å²) in [6.07, 6.45) is -0.283. The molecule has 1 aliphatic rings. The number of ether oxygens (including phenoxy) is 1. The van der Waals surface area contributed by atoms with E-state index in [2.05, 4.69) is 0 Å². The normalized spacial score (nSPS) is 23.1. The van der Waals surface area contributed by atoms with Crippen LogP contribution in [0.4, 0.5) is 0 Å². The van der Waals surface area contributed by atoms with Gasteiger partial charge in [0, 0.05) is 23.7 Å². The quantitative estimate of drug-likeness (QED) is 0.896. The van der Waals surface area contributed by atoms with Gasteiger partial charge in [0.2, 0.25) is 5.91 Å². The molecule has 0 saturated carbocycles. The van der Waals surface area contributed by atoms with Gasteiger partial charge in [-0.1, -0.05) is 11.6 Å². The topological polar surface area (TPSA) is 49.8 Å². The molecule has 1 fully saturated rings. The molecule has 1 aromatic heterocycles. The fraction of sp³-hybridized carbons (Fsp3) is 0.615. The molecule has 0 bridgehead atoms. The summed E-state index contributed by atoms with van der Waals surface area (Å²) in [5, 5.41) is 9.16.